The highest BCUT2D eigenvalue weighted by atomic mass is 32.1. The third-order valence-electron chi connectivity index (χ3n) is 4.56. The summed E-state index contributed by atoms with van der Waals surface area (Å²) in [4.78, 5) is 13.2. The molecule has 1 amide bonds. The predicted molar refractivity (Wildman–Crippen MR) is 99.5 cm³/mol. The van der Waals surface area contributed by atoms with Gasteiger partial charge in [-0.25, -0.2) is 4.39 Å². The molecule has 0 spiro atoms. The van der Waals surface area contributed by atoms with E-state index in [1.54, 1.807) is 30.3 Å². The van der Waals surface area contributed by atoms with Gasteiger partial charge in [0, 0.05) is 33.7 Å². The van der Waals surface area contributed by atoms with Crippen molar-refractivity contribution in [1.82, 2.24) is 0 Å². The van der Waals surface area contributed by atoms with E-state index in [9.17, 15) is 14.3 Å². The SMILES string of the molecule is COc1ccc(C2CC(=O)Nc3c(-c4ccccc4F)csc32)cc1O. The van der Waals surface area contributed by atoms with Crippen LogP contribution in [0.5, 0.6) is 11.5 Å². The largest absolute Gasteiger partial charge is 0.504 e. The van der Waals surface area contributed by atoms with E-state index in [0.29, 0.717) is 22.6 Å². The van der Waals surface area contributed by atoms with Crippen LogP contribution < -0.4 is 10.1 Å². The second-order valence-electron chi connectivity index (χ2n) is 6.10. The van der Waals surface area contributed by atoms with E-state index in [1.807, 2.05) is 11.4 Å². The lowest BCUT2D eigenvalue weighted by atomic mass is 9.89. The van der Waals surface area contributed by atoms with Crippen molar-refractivity contribution < 1.29 is 19.0 Å². The lowest BCUT2D eigenvalue weighted by Crippen LogP contribution is -2.22. The molecule has 2 N–H and O–H groups in total. The summed E-state index contributed by atoms with van der Waals surface area (Å²) in [6.45, 7) is 0. The third kappa shape index (κ3) is 2.72. The number of phenols is 1. The van der Waals surface area contributed by atoms with Crippen molar-refractivity contribution in [2.24, 2.45) is 0 Å². The Morgan fingerprint density at radius 2 is 2.04 bits per heavy atom. The molecule has 6 heteroatoms. The summed E-state index contributed by atoms with van der Waals surface area (Å²) in [6, 6.07) is 11.7. The number of carbonyl (C=O) groups is 1. The van der Waals surface area contributed by atoms with Gasteiger partial charge in [-0.3, -0.25) is 4.79 Å². The van der Waals surface area contributed by atoms with Crippen molar-refractivity contribution in [1.29, 1.82) is 0 Å². The second-order valence-corrected chi connectivity index (χ2v) is 7.02. The first-order valence-corrected chi connectivity index (χ1v) is 8.99. The van der Waals surface area contributed by atoms with Crippen LogP contribution in [0.3, 0.4) is 0 Å². The third-order valence-corrected chi connectivity index (χ3v) is 5.66. The van der Waals surface area contributed by atoms with Crippen LogP contribution in [0, 0.1) is 5.82 Å². The van der Waals surface area contributed by atoms with Crippen molar-refractivity contribution in [3.05, 3.63) is 64.1 Å². The molecule has 3 aromatic rings. The average molecular weight is 369 g/mol. The Morgan fingerprint density at radius 3 is 2.77 bits per heavy atom. The van der Waals surface area contributed by atoms with Crippen LogP contribution in [-0.4, -0.2) is 18.1 Å². The van der Waals surface area contributed by atoms with Gasteiger partial charge in [-0.1, -0.05) is 24.3 Å². The van der Waals surface area contributed by atoms with Gasteiger partial charge < -0.3 is 15.2 Å². The van der Waals surface area contributed by atoms with Gasteiger partial charge >= 0.3 is 0 Å². The molecular weight excluding hydrogens is 353 g/mol. The van der Waals surface area contributed by atoms with E-state index >= 15 is 0 Å². The molecular formula is C20H16FNO3S. The fourth-order valence-electron chi connectivity index (χ4n) is 3.30. The Labute approximate surface area is 153 Å². The van der Waals surface area contributed by atoms with Gasteiger partial charge in [0.2, 0.25) is 5.91 Å². The summed E-state index contributed by atoms with van der Waals surface area (Å²) in [6.07, 6.45) is 0.274. The van der Waals surface area contributed by atoms with Crippen molar-refractivity contribution in [3.63, 3.8) is 0 Å². The zero-order chi connectivity index (χ0) is 18.3. The van der Waals surface area contributed by atoms with Crippen molar-refractivity contribution in [2.75, 3.05) is 12.4 Å². The van der Waals surface area contributed by atoms with E-state index < -0.39 is 0 Å². The Hall–Kier alpha value is -2.86. The molecule has 0 saturated carbocycles. The average Bonchev–Trinajstić information content (AvgIpc) is 3.05. The molecule has 2 aromatic carbocycles. The number of methoxy groups -OCH3 is 1. The number of aromatic hydroxyl groups is 1. The van der Waals surface area contributed by atoms with Gasteiger partial charge in [-0.05, 0) is 23.8 Å². The number of nitrogens with one attached hydrogen (secondary N) is 1. The standard InChI is InChI=1S/C20H16FNO3S/c1-25-17-7-6-11(8-16(17)23)13-9-18(24)22-19-14(10-26-20(13)19)12-4-2-3-5-15(12)21/h2-8,10,13,23H,9H2,1H3,(H,22,24). The molecule has 0 fully saturated rings. The van der Waals surface area contributed by atoms with Gasteiger partial charge in [0.05, 0.1) is 12.8 Å². The molecule has 0 radical (unpaired) electrons. The molecule has 0 aliphatic carbocycles. The normalized spacial score (nSPS) is 16.1. The van der Waals surface area contributed by atoms with Crippen LogP contribution in [0.4, 0.5) is 10.1 Å². The topological polar surface area (TPSA) is 58.6 Å². The molecule has 26 heavy (non-hydrogen) atoms. The van der Waals surface area contributed by atoms with Crippen LogP contribution in [0.1, 0.15) is 22.8 Å². The maximum absolute atomic E-state index is 14.2. The number of halogens is 1. The van der Waals surface area contributed by atoms with E-state index in [0.717, 1.165) is 10.4 Å². The van der Waals surface area contributed by atoms with Gasteiger partial charge in [0.1, 0.15) is 5.82 Å². The van der Waals surface area contributed by atoms with E-state index in [1.165, 1.54) is 24.5 Å². The molecule has 1 atom stereocenters. The predicted octanol–water partition coefficient (Wildman–Crippen LogP) is 4.74. The van der Waals surface area contributed by atoms with Gasteiger partial charge in [-0.2, -0.15) is 0 Å². The number of amides is 1. The summed E-state index contributed by atoms with van der Waals surface area (Å²) in [7, 11) is 1.49. The Balaban J connectivity index is 1.81. The minimum absolute atomic E-state index is 0.0309. The molecule has 4 rings (SSSR count). The van der Waals surface area contributed by atoms with Gasteiger partial charge in [0.15, 0.2) is 11.5 Å². The maximum Gasteiger partial charge on any atom is 0.225 e. The van der Waals surface area contributed by atoms with E-state index in [4.69, 9.17) is 4.74 Å². The highest BCUT2D eigenvalue weighted by Gasteiger charge is 2.31. The number of phenolic OH excluding ortho intramolecular Hbond substituents is 1. The number of fused-ring (bicyclic) bond motifs is 1. The first-order valence-electron chi connectivity index (χ1n) is 8.11. The zero-order valence-corrected chi connectivity index (χ0v) is 14.8. The highest BCUT2D eigenvalue weighted by Crippen LogP contribution is 2.47. The fraction of sp³-hybridized carbons (Fsp3) is 0.150. The Kier molecular flexibility index (Phi) is 4.12. The highest BCUT2D eigenvalue weighted by molar-refractivity contribution is 7.11. The number of thiophene rings is 1. The quantitative estimate of drug-likeness (QED) is 0.701. The molecule has 0 bridgehead atoms. The molecule has 1 aliphatic rings. The number of anilines is 1. The molecule has 0 saturated heterocycles. The van der Waals surface area contributed by atoms with Gasteiger partial charge in [-0.15, -0.1) is 11.3 Å². The lowest BCUT2D eigenvalue weighted by Gasteiger charge is -2.24. The van der Waals surface area contributed by atoms with Crippen molar-refractivity contribution in [3.8, 4) is 22.6 Å². The molecule has 4 nitrogen and oxygen atoms in total. The van der Waals surface area contributed by atoms with Crippen LogP contribution in [0.15, 0.2) is 47.8 Å². The smallest absolute Gasteiger partial charge is 0.225 e. The number of hydrogen-bond acceptors (Lipinski definition) is 4. The van der Waals surface area contributed by atoms with Crippen molar-refractivity contribution in [2.45, 2.75) is 12.3 Å². The summed E-state index contributed by atoms with van der Waals surface area (Å²) in [5.41, 5.74) is 2.61. The molecule has 2 heterocycles. The fourth-order valence-corrected chi connectivity index (χ4v) is 4.45. The Morgan fingerprint density at radius 1 is 1.23 bits per heavy atom. The second kappa shape index (κ2) is 6.46. The van der Waals surface area contributed by atoms with E-state index in [-0.39, 0.29) is 29.8 Å². The molecule has 1 aliphatic heterocycles. The monoisotopic (exact) mass is 369 g/mol. The minimum Gasteiger partial charge on any atom is -0.504 e. The zero-order valence-electron chi connectivity index (χ0n) is 14.0. The Bertz CT molecular complexity index is 998. The van der Waals surface area contributed by atoms with Crippen LogP contribution in [-0.2, 0) is 4.79 Å². The van der Waals surface area contributed by atoms with Crippen molar-refractivity contribution >= 4 is 22.9 Å². The summed E-state index contributed by atoms with van der Waals surface area (Å²) < 4.78 is 19.3. The van der Waals surface area contributed by atoms with Crippen LogP contribution >= 0.6 is 11.3 Å². The number of carbonyl (C=O) groups excluding carboxylic acids is 1. The van der Waals surface area contributed by atoms with Crippen LogP contribution in [0.2, 0.25) is 0 Å². The van der Waals surface area contributed by atoms with E-state index in [2.05, 4.69) is 5.32 Å². The summed E-state index contributed by atoms with van der Waals surface area (Å²) in [5.74, 6) is -0.239. The maximum atomic E-state index is 14.2. The number of benzene rings is 2. The number of rotatable bonds is 3. The molecule has 1 aromatic heterocycles. The first kappa shape index (κ1) is 16.6. The number of ether oxygens (including phenoxy) is 1. The molecule has 1 unspecified atom stereocenters. The molecule has 132 valence electrons. The summed E-state index contributed by atoms with van der Waals surface area (Å²) in [5, 5.41) is 14.8. The van der Waals surface area contributed by atoms with Gasteiger partial charge in [0.25, 0.3) is 0 Å². The lowest BCUT2D eigenvalue weighted by molar-refractivity contribution is -0.116. The van der Waals surface area contributed by atoms with Crippen LogP contribution in [0.25, 0.3) is 11.1 Å². The number of hydrogen-bond donors (Lipinski definition) is 2. The summed E-state index contributed by atoms with van der Waals surface area (Å²) >= 11 is 1.48. The first-order chi connectivity index (χ1) is 12.6. The minimum atomic E-state index is -0.327.